The Balaban J connectivity index is 0.000000810. The fraction of sp³-hybridized carbons (Fsp3) is 0.500. The van der Waals surface area contributed by atoms with Crippen LogP contribution in [0.4, 0.5) is 0 Å². The number of alkyl halides is 1. The van der Waals surface area contributed by atoms with Gasteiger partial charge in [0.05, 0.1) is 11.6 Å². The van der Waals surface area contributed by atoms with Crippen LogP contribution in [0.25, 0.3) is 0 Å². The topological polar surface area (TPSA) is 12.9 Å². The van der Waals surface area contributed by atoms with Crippen LogP contribution in [0.5, 0.6) is 0 Å². The van der Waals surface area contributed by atoms with E-state index >= 15 is 0 Å². The lowest BCUT2D eigenvalue weighted by Gasteiger charge is -1.78. The first-order chi connectivity index (χ1) is 4.24. The fourth-order valence-corrected chi connectivity index (χ4v) is 1.60. The van der Waals surface area contributed by atoms with Crippen LogP contribution >= 0.6 is 35.3 Å². The highest BCUT2D eigenvalue weighted by atomic mass is 35.5. The molecule has 10 heavy (non-hydrogen) atoms. The highest BCUT2D eigenvalue weighted by Gasteiger charge is 1.99. The van der Waals surface area contributed by atoms with E-state index in [0.29, 0.717) is 5.88 Å². The first-order valence-corrected chi connectivity index (χ1v) is 4.08. The third kappa shape index (κ3) is 2.11. The molecule has 0 radical (unpaired) electrons. The van der Waals surface area contributed by atoms with Gasteiger partial charge in [0.1, 0.15) is 5.01 Å². The molecule has 0 spiro atoms. The van der Waals surface area contributed by atoms with Crippen LogP contribution in [0, 0.1) is 13.8 Å². The summed E-state index contributed by atoms with van der Waals surface area (Å²) in [6, 6.07) is 0. The van der Waals surface area contributed by atoms with Crippen molar-refractivity contribution in [1.29, 1.82) is 0 Å². The summed E-state index contributed by atoms with van der Waals surface area (Å²) in [6.45, 7) is 4.06. The molecule has 1 aromatic heterocycles. The van der Waals surface area contributed by atoms with E-state index in [0.717, 1.165) is 10.7 Å². The number of hydrogen-bond acceptors (Lipinski definition) is 2. The molecule has 0 unspecified atom stereocenters. The van der Waals surface area contributed by atoms with Crippen molar-refractivity contribution in [3.05, 3.63) is 15.6 Å². The van der Waals surface area contributed by atoms with Crippen LogP contribution < -0.4 is 0 Å². The number of aryl methyl sites for hydroxylation is 2. The smallest absolute Gasteiger partial charge is 0.108 e. The zero-order chi connectivity index (χ0) is 6.85. The van der Waals surface area contributed by atoms with Crippen molar-refractivity contribution in [3.63, 3.8) is 0 Å². The van der Waals surface area contributed by atoms with Crippen LogP contribution in [0.15, 0.2) is 0 Å². The summed E-state index contributed by atoms with van der Waals surface area (Å²) >= 11 is 7.23. The highest BCUT2D eigenvalue weighted by Crippen LogP contribution is 2.17. The zero-order valence-electron chi connectivity index (χ0n) is 5.85. The molecule has 1 rings (SSSR count). The third-order valence-electron chi connectivity index (χ3n) is 1.19. The molecule has 0 atom stereocenters. The Morgan fingerprint density at radius 1 is 1.50 bits per heavy atom. The van der Waals surface area contributed by atoms with Crippen LogP contribution in [0.3, 0.4) is 0 Å². The van der Waals surface area contributed by atoms with Gasteiger partial charge in [-0.3, -0.25) is 0 Å². The van der Waals surface area contributed by atoms with Gasteiger partial charge in [-0.25, -0.2) is 4.98 Å². The first kappa shape index (κ1) is 10.2. The number of rotatable bonds is 1. The van der Waals surface area contributed by atoms with Gasteiger partial charge < -0.3 is 0 Å². The van der Waals surface area contributed by atoms with Gasteiger partial charge in [-0.2, -0.15) is 0 Å². The maximum absolute atomic E-state index is 5.56. The van der Waals surface area contributed by atoms with Gasteiger partial charge in [-0.15, -0.1) is 35.3 Å². The lowest BCUT2D eigenvalue weighted by Crippen LogP contribution is -1.74. The third-order valence-corrected chi connectivity index (χ3v) is 2.67. The van der Waals surface area contributed by atoms with Crippen LogP contribution in [0.1, 0.15) is 15.6 Å². The van der Waals surface area contributed by atoms with Crippen molar-refractivity contribution in [2.75, 3.05) is 0 Å². The van der Waals surface area contributed by atoms with Crippen molar-refractivity contribution >= 4 is 35.3 Å². The summed E-state index contributed by atoms with van der Waals surface area (Å²) < 4.78 is 0. The SMILES string of the molecule is Cc1nc(CCl)sc1C.Cl. The van der Waals surface area contributed by atoms with Gasteiger partial charge >= 0.3 is 0 Å². The molecule has 0 aromatic carbocycles. The molecule has 0 amide bonds. The number of thiazole rings is 1. The van der Waals surface area contributed by atoms with Gasteiger partial charge in [-0.1, -0.05) is 0 Å². The molecular formula is C6H9Cl2NS. The lowest BCUT2D eigenvalue weighted by molar-refractivity contribution is 1.16. The van der Waals surface area contributed by atoms with Gasteiger partial charge in [0.25, 0.3) is 0 Å². The average molecular weight is 198 g/mol. The van der Waals surface area contributed by atoms with Gasteiger partial charge in [0.2, 0.25) is 0 Å². The van der Waals surface area contributed by atoms with Crippen molar-refractivity contribution in [3.8, 4) is 0 Å². The number of nitrogens with zero attached hydrogens (tertiary/aromatic N) is 1. The van der Waals surface area contributed by atoms with Crippen molar-refractivity contribution in [2.24, 2.45) is 0 Å². The van der Waals surface area contributed by atoms with Crippen molar-refractivity contribution in [2.45, 2.75) is 19.7 Å². The van der Waals surface area contributed by atoms with E-state index in [2.05, 4.69) is 11.9 Å². The Labute approximate surface area is 75.8 Å². The Morgan fingerprint density at radius 2 is 2.10 bits per heavy atom. The maximum atomic E-state index is 5.56. The molecule has 0 fully saturated rings. The molecule has 4 heteroatoms. The predicted octanol–water partition coefficient (Wildman–Crippen LogP) is 2.92. The zero-order valence-corrected chi connectivity index (χ0v) is 8.24. The molecule has 58 valence electrons. The average Bonchev–Trinajstić information content (AvgIpc) is 2.13. The van der Waals surface area contributed by atoms with E-state index in [1.54, 1.807) is 11.3 Å². The minimum Gasteiger partial charge on any atom is -0.245 e. The van der Waals surface area contributed by atoms with Crippen LogP contribution in [-0.4, -0.2) is 4.98 Å². The van der Waals surface area contributed by atoms with Crippen molar-refractivity contribution in [1.82, 2.24) is 4.98 Å². The summed E-state index contributed by atoms with van der Waals surface area (Å²) in [4.78, 5) is 5.48. The summed E-state index contributed by atoms with van der Waals surface area (Å²) in [5.74, 6) is 0.541. The molecular weight excluding hydrogens is 189 g/mol. The lowest BCUT2D eigenvalue weighted by atomic mass is 10.4. The monoisotopic (exact) mass is 197 g/mol. The van der Waals surface area contributed by atoms with Crippen molar-refractivity contribution < 1.29 is 0 Å². The molecule has 0 N–H and O–H groups in total. The molecule has 0 aliphatic rings. The number of aromatic nitrogens is 1. The Hall–Kier alpha value is 0.210. The molecule has 0 aliphatic carbocycles. The Bertz CT molecular complexity index is 190. The maximum Gasteiger partial charge on any atom is 0.108 e. The largest absolute Gasteiger partial charge is 0.245 e. The molecule has 1 aromatic rings. The second kappa shape index (κ2) is 4.16. The second-order valence-corrected chi connectivity index (χ2v) is 3.44. The number of hydrogen-bond donors (Lipinski definition) is 0. The molecule has 0 saturated heterocycles. The predicted molar refractivity (Wildman–Crippen MR) is 48.4 cm³/mol. The standard InChI is InChI=1S/C6H8ClNS.ClH/c1-4-5(2)9-6(3-7)8-4;/h3H2,1-2H3;1H. The summed E-state index contributed by atoms with van der Waals surface area (Å²) in [5.41, 5.74) is 1.11. The molecule has 0 bridgehead atoms. The number of halogens is 2. The summed E-state index contributed by atoms with van der Waals surface area (Å²) in [7, 11) is 0. The quantitative estimate of drug-likeness (QED) is 0.632. The fourth-order valence-electron chi connectivity index (χ4n) is 0.596. The van der Waals surface area contributed by atoms with E-state index in [1.165, 1.54) is 4.88 Å². The van der Waals surface area contributed by atoms with Gasteiger partial charge in [0.15, 0.2) is 0 Å². The van der Waals surface area contributed by atoms with E-state index in [4.69, 9.17) is 11.6 Å². The van der Waals surface area contributed by atoms with E-state index in [9.17, 15) is 0 Å². The van der Waals surface area contributed by atoms with Crippen LogP contribution in [-0.2, 0) is 5.88 Å². The van der Waals surface area contributed by atoms with E-state index < -0.39 is 0 Å². The van der Waals surface area contributed by atoms with E-state index in [1.807, 2.05) is 6.92 Å². The van der Waals surface area contributed by atoms with E-state index in [-0.39, 0.29) is 12.4 Å². The second-order valence-electron chi connectivity index (χ2n) is 1.88. The summed E-state index contributed by atoms with van der Waals surface area (Å²) in [5, 5.41) is 1.02. The van der Waals surface area contributed by atoms with Crippen LogP contribution in [0.2, 0.25) is 0 Å². The Kier molecular flexibility index (Phi) is 4.25. The van der Waals surface area contributed by atoms with Gasteiger partial charge in [-0.05, 0) is 13.8 Å². The highest BCUT2D eigenvalue weighted by molar-refractivity contribution is 7.11. The normalized spacial score (nSPS) is 9.10. The minimum atomic E-state index is 0. The minimum absolute atomic E-state index is 0. The Morgan fingerprint density at radius 3 is 2.30 bits per heavy atom. The molecule has 1 nitrogen and oxygen atoms in total. The summed E-state index contributed by atoms with van der Waals surface area (Å²) in [6.07, 6.45) is 0. The molecule has 1 heterocycles. The van der Waals surface area contributed by atoms with Gasteiger partial charge in [0, 0.05) is 4.88 Å². The molecule has 0 saturated carbocycles. The first-order valence-electron chi connectivity index (χ1n) is 2.73. The molecule has 0 aliphatic heterocycles.